The Morgan fingerprint density at radius 2 is 1.89 bits per heavy atom. The number of aromatic nitrogens is 1. The fourth-order valence-electron chi connectivity index (χ4n) is 3.60. The number of carbonyl (C=O) groups is 2. The van der Waals surface area contributed by atoms with Crippen LogP contribution in [0.2, 0.25) is 0 Å². The lowest BCUT2D eigenvalue weighted by atomic mass is 9.95. The number of amides is 3. The molecule has 3 heterocycles. The van der Waals surface area contributed by atoms with Crippen LogP contribution in [0.4, 0.5) is 4.79 Å². The average Bonchev–Trinajstić information content (AvgIpc) is 3.02. The molecule has 2 aliphatic rings. The molecule has 1 N–H and O–H groups in total. The minimum atomic E-state index is -0.440. The molecule has 0 aliphatic carbocycles. The van der Waals surface area contributed by atoms with E-state index in [9.17, 15) is 9.59 Å². The van der Waals surface area contributed by atoms with E-state index in [1.165, 1.54) is 0 Å². The number of hydrogen-bond donors (Lipinski definition) is 1. The number of carbonyl (C=O) groups excluding carboxylic acids is 2. The summed E-state index contributed by atoms with van der Waals surface area (Å²) in [5.74, 6) is -0.0512. The second-order valence-electron chi connectivity index (χ2n) is 6.57. The summed E-state index contributed by atoms with van der Waals surface area (Å²) in [6, 6.07) is 12.7. The van der Waals surface area contributed by atoms with Gasteiger partial charge in [-0.05, 0) is 23.3 Å². The van der Waals surface area contributed by atoms with E-state index in [2.05, 4.69) is 16.9 Å². The average molecular weight is 360 g/mol. The molecular formula is C21H20N4O2. The van der Waals surface area contributed by atoms with E-state index in [0.717, 1.165) is 16.8 Å². The van der Waals surface area contributed by atoms with Gasteiger partial charge in [0.1, 0.15) is 0 Å². The summed E-state index contributed by atoms with van der Waals surface area (Å²) < 4.78 is 0. The van der Waals surface area contributed by atoms with Gasteiger partial charge in [-0.3, -0.25) is 14.7 Å². The fourth-order valence-corrected chi connectivity index (χ4v) is 3.60. The molecule has 1 aromatic heterocycles. The van der Waals surface area contributed by atoms with E-state index in [0.29, 0.717) is 25.2 Å². The van der Waals surface area contributed by atoms with Crippen LogP contribution < -0.4 is 5.32 Å². The highest BCUT2D eigenvalue weighted by Gasteiger charge is 2.43. The highest BCUT2D eigenvalue weighted by atomic mass is 16.2. The number of benzene rings is 1. The number of pyridine rings is 1. The Morgan fingerprint density at radius 3 is 2.59 bits per heavy atom. The van der Waals surface area contributed by atoms with Crippen LogP contribution in [0.3, 0.4) is 0 Å². The quantitative estimate of drug-likeness (QED) is 0.834. The molecule has 2 aliphatic heterocycles. The number of nitrogens with one attached hydrogen (secondary N) is 1. The lowest BCUT2D eigenvalue weighted by Gasteiger charge is -2.33. The van der Waals surface area contributed by atoms with Crippen molar-refractivity contribution in [1.82, 2.24) is 20.1 Å². The molecular weight excluding hydrogens is 340 g/mol. The van der Waals surface area contributed by atoms with Gasteiger partial charge < -0.3 is 10.2 Å². The van der Waals surface area contributed by atoms with Gasteiger partial charge in [0, 0.05) is 25.5 Å². The van der Waals surface area contributed by atoms with Crippen molar-refractivity contribution in [2.75, 3.05) is 13.1 Å². The number of nitrogens with zero attached hydrogens (tertiary/aromatic N) is 3. The smallest absolute Gasteiger partial charge is 0.322 e. The number of rotatable bonds is 5. The van der Waals surface area contributed by atoms with Crippen molar-refractivity contribution in [3.05, 3.63) is 89.9 Å². The first-order chi connectivity index (χ1) is 13.2. The molecule has 1 unspecified atom stereocenters. The van der Waals surface area contributed by atoms with Gasteiger partial charge in [-0.1, -0.05) is 36.4 Å². The standard InChI is InChI=1S/C21H20N4O2/c1-2-12-25-17-14-24(13-15-8-10-22-11-9-15)20(26)18(17)19(23-21(25)27)16-6-4-3-5-7-16/h2-11,19H,1,12-14H2,(H,23,27). The Hall–Kier alpha value is -3.41. The zero-order chi connectivity index (χ0) is 18.8. The summed E-state index contributed by atoms with van der Waals surface area (Å²) in [5, 5.41) is 2.98. The SMILES string of the molecule is C=CCN1C(=O)NC(c2ccccc2)C2=C1CN(Cc1ccncc1)C2=O. The molecule has 136 valence electrons. The van der Waals surface area contributed by atoms with Gasteiger partial charge in [0.25, 0.3) is 5.91 Å². The Balaban J connectivity index is 1.70. The zero-order valence-electron chi connectivity index (χ0n) is 14.8. The maximum absolute atomic E-state index is 13.2. The molecule has 6 heteroatoms. The van der Waals surface area contributed by atoms with Crippen molar-refractivity contribution >= 4 is 11.9 Å². The molecule has 0 saturated heterocycles. The predicted molar refractivity (Wildman–Crippen MR) is 101 cm³/mol. The van der Waals surface area contributed by atoms with E-state index in [4.69, 9.17) is 0 Å². The predicted octanol–water partition coefficient (Wildman–Crippen LogP) is 2.63. The van der Waals surface area contributed by atoms with E-state index in [1.807, 2.05) is 42.5 Å². The largest absolute Gasteiger partial charge is 0.329 e. The summed E-state index contributed by atoms with van der Waals surface area (Å²) >= 11 is 0. The third-order valence-corrected chi connectivity index (χ3v) is 4.86. The molecule has 2 aromatic rings. The van der Waals surface area contributed by atoms with E-state index in [-0.39, 0.29) is 11.9 Å². The van der Waals surface area contributed by atoms with Crippen molar-refractivity contribution in [3.8, 4) is 0 Å². The first kappa shape index (κ1) is 17.0. The normalized spacial score (nSPS) is 19.2. The maximum atomic E-state index is 13.2. The molecule has 6 nitrogen and oxygen atoms in total. The second kappa shape index (κ2) is 7.07. The minimum absolute atomic E-state index is 0.0512. The van der Waals surface area contributed by atoms with Crippen LogP contribution in [0.15, 0.2) is 78.8 Å². The third-order valence-electron chi connectivity index (χ3n) is 4.86. The van der Waals surface area contributed by atoms with Crippen LogP contribution in [0, 0.1) is 0 Å². The Kier molecular flexibility index (Phi) is 4.46. The molecule has 4 rings (SSSR count). The molecule has 0 bridgehead atoms. The van der Waals surface area contributed by atoms with Crippen LogP contribution in [-0.2, 0) is 11.3 Å². The number of urea groups is 1. The van der Waals surface area contributed by atoms with Crippen LogP contribution >= 0.6 is 0 Å². The van der Waals surface area contributed by atoms with Gasteiger partial charge in [0.05, 0.1) is 23.9 Å². The summed E-state index contributed by atoms with van der Waals surface area (Å²) in [7, 11) is 0. The monoisotopic (exact) mass is 360 g/mol. The third kappa shape index (κ3) is 3.10. The molecule has 1 atom stereocenters. The summed E-state index contributed by atoms with van der Waals surface area (Å²) in [4.78, 5) is 33.3. The summed E-state index contributed by atoms with van der Waals surface area (Å²) in [6.07, 6.45) is 5.10. The molecule has 0 saturated carbocycles. The van der Waals surface area contributed by atoms with Gasteiger partial charge in [-0.15, -0.1) is 6.58 Å². The van der Waals surface area contributed by atoms with Crippen molar-refractivity contribution in [1.29, 1.82) is 0 Å². The van der Waals surface area contributed by atoms with Crippen molar-refractivity contribution in [2.24, 2.45) is 0 Å². The molecule has 0 radical (unpaired) electrons. The van der Waals surface area contributed by atoms with Gasteiger partial charge in [0.2, 0.25) is 0 Å². The van der Waals surface area contributed by atoms with Crippen molar-refractivity contribution in [2.45, 2.75) is 12.6 Å². The molecule has 0 spiro atoms. The molecule has 27 heavy (non-hydrogen) atoms. The summed E-state index contributed by atoms with van der Waals surface area (Å²) in [5.41, 5.74) is 3.29. The highest BCUT2D eigenvalue weighted by Crippen LogP contribution is 2.36. The van der Waals surface area contributed by atoms with E-state index < -0.39 is 6.04 Å². The second-order valence-corrected chi connectivity index (χ2v) is 6.57. The molecule has 1 aromatic carbocycles. The van der Waals surface area contributed by atoms with Crippen molar-refractivity contribution < 1.29 is 9.59 Å². The van der Waals surface area contributed by atoms with Gasteiger partial charge in [-0.2, -0.15) is 0 Å². The Labute approximate surface area is 157 Å². The first-order valence-corrected chi connectivity index (χ1v) is 8.84. The summed E-state index contributed by atoms with van der Waals surface area (Å²) in [6.45, 7) is 4.98. The van der Waals surface area contributed by atoms with Crippen LogP contribution in [-0.4, -0.2) is 39.8 Å². The van der Waals surface area contributed by atoms with Crippen LogP contribution in [0.5, 0.6) is 0 Å². The van der Waals surface area contributed by atoms with E-state index >= 15 is 0 Å². The van der Waals surface area contributed by atoms with Crippen LogP contribution in [0.25, 0.3) is 0 Å². The zero-order valence-corrected chi connectivity index (χ0v) is 14.8. The van der Waals surface area contributed by atoms with Gasteiger partial charge >= 0.3 is 6.03 Å². The lowest BCUT2D eigenvalue weighted by Crippen LogP contribution is -2.47. The van der Waals surface area contributed by atoms with E-state index in [1.54, 1.807) is 28.3 Å². The highest BCUT2D eigenvalue weighted by molar-refractivity contribution is 6.01. The van der Waals surface area contributed by atoms with Crippen LogP contribution in [0.1, 0.15) is 17.2 Å². The Morgan fingerprint density at radius 1 is 1.15 bits per heavy atom. The van der Waals surface area contributed by atoms with Crippen molar-refractivity contribution in [3.63, 3.8) is 0 Å². The molecule has 3 amide bonds. The van der Waals surface area contributed by atoms with Gasteiger partial charge in [0.15, 0.2) is 0 Å². The Bertz CT molecular complexity index is 908. The number of hydrogen-bond acceptors (Lipinski definition) is 3. The topological polar surface area (TPSA) is 65.5 Å². The lowest BCUT2D eigenvalue weighted by molar-refractivity contribution is -0.126. The maximum Gasteiger partial charge on any atom is 0.322 e. The fraction of sp³-hybridized carbons (Fsp3) is 0.190. The minimum Gasteiger partial charge on any atom is -0.329 e. The molecule has 0 fully saturated rings. The first-order valence-electron chi connectivity index (χ1n) is 8.84. The van der Waals surface area contributed by atoms with Gasteiger partial charge in [-0.25, -0.2) is 4.79 Å².